The lowest BCUT2D eigenvalue weighted by Crippen LogP contribution is -2.25. The number of nitrogens with zero attached hydrogens (tertiary/aromatic N) is 2. The lowest BCUT2D eigenvalue weighted by molar-refractivity contribution is -0.136. The highest BCUT2D eigenvalue weighted by molar-refractivity contribution is 7.89. The number of carboxylic acid groups (broad SMARTS) is 1. The number of carboxylic acids is 1. The third kappa shape index (κ3) is 5.34. The first-order chi connectivity index (χ1) is 18.3. The normalized spacial score (nSPS) is 13.4. The fourth-order valence-corrected chi connectivity index (χ4v) is 6.04. The van der Waals surface area contributed by atoms with Crippen molar-refractivity contribution in [1.82, 2.24) is 9.29 Å². The van der Waals surface area contributed by atoms with Crippen molar-refractivity contribution < 1.29 is 27.5 Å². The molecule has 0 amide bonds. The Hall–Kier alpha value is -3.95. The minimum absolute atomic E-state index is 0.0345. The van der Waals surface area contributed by atoms with Crippen LogP contribution in [0, 0.1) is 6.92 Å². The Bertz CT molecular complexity index is 1550. The third-order valence-corrected chi connectivity index (χ3v) is 8.46. The number of ether oxygens (including phenoxy) is 1. The lowest BCUT2D eigenvalue weighted by Gasteiger charge is -2.15. The largest absolute Gasteiger partial charge is 0.493 e. The van der Waals surface area contributed by atoms with Crippen molar-refractivity contribution in [3.63, 3.8) is 0 Å². The molecule has 0 radical (unpaired) electrons. The lowest BCUT2D eigenvalue weighted by atomic mass is 9.99. The quantitative estimate of drug-likeness (QED) is 0.306. The van der Waals surface area contributed by atoms with Crippen LogP contribution in [0.3, 0.4) is 0 Å². The fourth-order valence-electron chi connectivity index (χ4n) is 4.64. The third-order valence-electron chi connectivity index (χ3n) is 6.65. The number of benzene rings is 3. The SMILES string of the molecule is Cc1oc(-c2ccccc2)nc1CCOc1ccc(CCC(=O)O)c2c1CN(S(=O)(=O)c1ccccc1)C2. The van der Waals surface area contributed by atoms with E-state index in [0.29, 0.717) is 31.1 Å². The van der Waals surface area contributed by atoms with Crippen molar-refractivity contribution in [2.24, 2.45) is 0 Å². The molecule has 0 unspecified atom stereocenters. The number of fused-ring (bicyclic) bond motifs is 1. The molecule has 3 aromatic carbocycles. The number of hydrogen-bond acceptors (Lipinski definition) is 6. The van der Waals surface area contributed by atoms with E-state index in [9.17, 15) is 18.3 Å². The van der Waals surface area contributed by atoms with Crippen LogP contribution in [0.1, 0.15) is 34.6 Å². The van der Waals surface area contributed by atoms with Crippen LogP contribution in [0.2, 0.25) is 0 Å². The van der Waals surface area contributed by atoms with Crippen LogP contribution in [-0.2, 0) is 40.7 Å². The van der Waals surface area contributed by atoms with Gasteiger partial charge in [-0.05, 0) is 54.8 Å². The molecule has 8 nitrogen and oxygen atoms in total. The molecule has 1 N–H and O–H groups in total. The van der Waals surface area contributed by atoms with Crippen molar-refractivity contribution in [2.75, 3.05) is 6.61 Å². The van der Waals surface area contributed by atoms with Crippen molar-refractivity contribution in [2.45, 2.75) is 44.2 Å². The second-order valence-electron chi connectivity index (χ2n) is 9.15. The van der Waals surface area contributed by atoms with E-state index in [1.165, 1.54) is 4.31 Å². The van der Waals surface area contributed by atoms with Gasteiger partial charge in [0.15, 0.2) is 0 Å². The Morgan fingerprint density at radius 3 is 2.37 bits per heavy atom. The standard InChI is InChI=1S/C29H28N2O6S/c1-20-26(30-29(37-20)22-8-4-2-5-9-22)16-17-36-27-14-12-21(13-15-28(32)33)24-18-31(19-25(24)27)38(34,35)23-10-6-3-7-11-23/h2-12,14H,13,15-19H2,1H3,(H,32,33). The number of sulfonamides is 1. The van der Waals surface area contributed by atoms with E-state index in [1.807, 2.05) is 43.3 Å². The monoisotopic (exact) mass is 532 g/mol. The van der Waals surface area contributed by atoms with Crippen LogP contribution in [-0.4, -0.2) is 35.4 Å². The maximum absolute atomic E-state index is 13.3. The molecule has 0 atom stereocenters. The maximum atomic E-state index is 13.3. The van der Waals surface area contributed by atoms with Crippen molar-refractivity contribution in [3.05, 3.63) is 101 Å². The Morgan fingerprint density at radius 2 is 1.66 bits per heavy atom. The number of aryl methyl sites for hydroxylation is 2. The molecule has 0 spiro atoms. The van der Waals surface area contributed by atoms with E-state index in [1.54, 1.807) is 36.4 Å². The molecule has 0 bridgehead atoms. The fraction of sp³-hybridized carbons (Fsp3) is 0.241. The maximum Gasteiger partial charge on any atom is 0.303 e. The minimum atomic E-state index is -3.72. The van der Waals surface area contributed by atoms with Gasteiger partial charge in [-0.2, -0.15) is 4.31 Å². The Labute approximate surface area is 221 Å². The summed E-state index contributed by atoms with van der Waals surface area (Å²) in [6, 6.07) is 21.6. The topological polar surface area (TPSA) is 110 Å². The summed E-state index contributed by atoms with van der Waals surface area (Å²) in [5.41, 5.74) is 4.10. The molecular formula is C29H28N2O6S. The van der Waals surface area contributed by atoms with Gasteiger partial charge < -0.3 is 14.3 Å². The molecule has 5 rings (SSSR count). The van der Waals surface area contributed by atoms with Crippen LogP contribution in [0.4, 0.5) is 0 Å². The van der Waals surface area contributed by atoms with Crippen LogP contribution in [0.15, 0.2) is 82.1 Å². The number of rotatable bonds is 10. The number of hydrogen-bond donors (Lipinski definition) is 1. The second kappa shape index (κ2) is 10.8. The average Bonchev–Trinajstić information content (AvgIpc) is 3.54. The van der Waals surface area contributed by atoms with Gasteiger partial charge in [0.25, 0.3) is 0 Å². The summed E-state index contributed by atoms with van der Waals surface area (Å²) in [7, 11) is -3.72. The first kappa shape index (κ1) is 25.7. The predicted octanol–water partition coefficient (Wildman–Crippen LogP) is 4.99. The average molecular weight is 533 g/mol. The molecule has 0 fully saturated rings. The summed E-state index contributed by atoms with van der Waals surface area (Å²) in [4.78, 5) is 16.0. The van der Waals surface area contributed by atoms with Gasteiger partial charge in [-0.25, -0.2) is 13.4 Å². The van der Waals surface area contributed by atoms with Crippen LogP contribution in [0.25, 0.3) is 11.5 Å². The smallest absolute Gasteiger partial charge is 0.303 e. The van der Waals surface area contributed by atoms with Gasteiger partial charge in [-0.1, -0.05) is 42.5 Å². The molecule has 38 heavy (non-hydrogen) atoms. The predicted molar refractivity (Wildman–Crippen MR) is 141 cm³/mol. The summed E-state index contributed by atoms with van der Waals surface area (Å²) in [6.45, 7) is 2.52. The van der Waals surface area contributed by atoms with Crippen molar-refractivity contribution >= 4 is 16.0 Å². The van der Waals surface area contributed by atoms with Crippen LogP contribution in [0.5, 0.6) is 5.75 Å². The molecule has 1 aliphatic rings. The summed E-state index contributed by atoms with van der Waals surface area (Å²) < 4.78 is 40.0. The Kier molecular flexibility index (Phi) is 7.31. The Morgan fingerprint density at radius 1 is 0.974 bits per heavy atom. The zero-order chi connectivity index (χ0) is 26.7. The first-order valence-corrected chi connectivity index (χ1v) is 13.8. The number of aliphatic carboxylic acids is 1. The highest BCUT2D eigenvalue weighted by Crippen LogP contribution is 2.37. The van der Waals surface area contributed by atoms with E-state index in [0.717, 1.165) is 33.7 Å². The number of carbonyl (C=O) groups is 1. The highest BCUT2D eigenvalue weighted by atomic mass is 32.2. The molecule has 9 heteroatoms. The summed E-state index contributed by atoms with van der Waals surface area (Å²) in [5.74, 6) is 0.975. The van der Waals surface area contributed by atoms with Gasteiger partial charge in [0.1, 0.15) is 11.5 Å². The zero-order valence-electron chi connectivity index (χ0n) is 21.0. The second-order valence-corrected chi connectivity index (χ2v) is 11.1. The van der Waals surface area contributed by atoms with Gasteiger partial charge in [-0.15, -0.1) is 0 Å². The highest BCUT2D eigenvalue weighted by Gasteiger charge is 2.34. The summed E-state index contributed by atoms with van der Waals surface area (Å²) >= 11 is 0. The molecule has 196 valence electrons. The van der Waals surface area contributed by atoms with Crippen LogP contribution < -0.4 is 4.74 Å². The van der Waals surface area contributed by atoms with E-state index in [2.05, 4.69) is 4.98 Å². The number of oxazole rings is 1. The van der Waals surface area contributed by atoms with E-state index in [-0.39, 0.29) is 24.4 Å². The Balaban J connectivity index is 1.35. The van der Waals surface area contributed by atoms with Gasteiger partial charge in [0, 0.05) is 37.1 Å². The molecule has 0 aliphatic carbocycles. The van der Waals surface area contributed by atoms with Gasteiger partial charge in [0.05, 0.1) is 17.2 Å². The molecular weight excluding hydrogens is 504 g/mol. The zero-order valence-corrected chi connectivity index (χ0v) is 21.8. The summed E-state index contributed by atoms with van der Waals surface area (Å²) in [6.07, 6.45) is 0.800. The molecule has 0 saturated heterocycles. The minimum Gasteiger partial charge on any atom is -0.493 e. The number of aromatic nitrogens is 1. The molecule has 1 aromatic heterocycles. The molecule has 1 aliphatic heterocycles. The van der Waals surface area contributed by atoms with Crippen molar-refractivity contribution in [3.8, 4) is 17.2 Å². The first-order valence-electron chi connectivity index (χ1n) is 12.4. The molecule has 4 aromatic rings. The van der Waals surface area contributed by atoms with Crippen molar-refractivity contribution in [1.29, 1.82) is 0 Å². The van der Waals surface area contributed by atoms with E-state index >= 15 is 0 Å². The van der Waals surface area contributed by atoms with Gasteiger partial charge in [0.2, 0.25) is 15.9 Å². The van der Waals surface area contributed by atoms with Gasteiger partial charge in [-0.3, -0.25) is 4.79 Å². The molecule has 2 heterocycles. The van der Waals surface area contributed by atoms with E-state index < -0.39 is 16.0 Å². The summed E-state index contributed by atoms with van der Waals surface area (Å²) in [5, 5.41) is 9.18. The van der Waals surface area contributed by atoms with Crippen LogP contribution >= 0.6 is 0 Å². The van der Waals surface area contributed by atoms with Gasteiger partial charge >= 0.3 is 5.97 Å². The molecule has 0 saturated carbocycles. The van der Waals surface area contributed by atoms with E-state index in [4.69, 9.17) is 9.15 Å².